The zero-order valence-electron chi connectivity index (χ0n) is 12.4. The summed E-state index contributed by atoms with van der Waals surface area (Å²) in [6.45, 7) is 6.50. The summed E-state index contributed by atoms with van der Waals surface area (Å²) in [5.74, 6) is 0.489. The van der Waals surface area contributed by atoms with Crippen LogP contribution < -0.4 is 5.73 Å². The molecule has 1 fully saturated rings. The molecule has 1 unspecified atom stereocenters. The number of halogens is 1. The minimum Gasteiger partial charge on any atom is -0.323 e. The number of hydrogen-bond donors (Lipinski definition) is 1. The third kappa shape index (κ3) is 3.00. The summed E-state index contributed by atoms with van der Waals surface area (Å²) in [6.07, 6.45) is 6.15. The van der Waals surface area contributed by atoms with Crippen molar-refractivity contribution in [1.82, 2.24) is 0 Å². The molecule has 106 valence electrons. The van der Waals surface area contributed by atoms with Crippen molar-refractivity contribution in [2.24, 2.45) is 17.1 Å². The van der Waals surface area contributed by atoms with Crippen molar-refractivity contribution in [3.63, 3.8) is 0 Å². The fourth-order valence-corrected chi connectivity index (χ4v) is 3.85. The lowest BCUT2D eigenvalue weighted by Gasteiger charge is -2.38. The second-order valence-corrected chi connectivity index (χ2v) is 6.65. The topological polar surface area (TPSA) is 26.0 Å². The van der Waals surface area contributed by atoms with E-state index in [1.807, 2.05) is 13.0 Å². The quantitative estimate of drug-likeness (QED) is 0.834. The summed E-state index contributed by atoms with van der Waals surface area (Å²) in [7, 11) is 0. The van der Waals surface area contributed by atoms with Crippen LogP contribution in [0.4, 0.5) is 4.39 Å². The normalized spacial score (nSPS) is 19.9. The maximum atomic E-state index is 13.3. The van der Waals surface area contributed by atoms with Crippen molar-refractivity contribution in [2.75, 3.05) is 0 Å². The van der Waals surface area contributed by atoms with Crippen LogP contribution in [0.25, 0.3) is 0 Å². The molecule has 1 aromatic carbocycles. The Bertz CT molecular complexity index is 433. The highest BCUT2D eigenvalue weighted by Gasteiger charge is 2.40. The van der Waals surface area contributed by atoms with Gasteiger partial charge in [0.05, 0.1) is 0 Å². The Morgan fingerprint density at radius 3 is 2.42 bits per heavy atom. The van der Waals surface area contributed by atoms with E-state index in [-0.39, 0.29) is 17.3 Å². The Morgan fingerprint density at radius 1 is 1.26 bits per heavy atom. The highest BCUT2D eigenvalue weighted by atomic mass is 19.1. The van der Waals surface area contributed by atoms with E-state index >= 15 is 0 Å². The van der Waals surface area contributed by atoms with Gasteiger partial charge in [-0.2, -0.15) is 0 Å². The molecule has 0 aliphatic heterocycles. The van der Waals surface area contributed by atoms with Gasteiger partial charge in [0.15, 0.2) is 0 Å². The molecule has 0 heterocycles. The van der Waals surface area contributed by atoms with E-state index in [2.05, 4.69) is 13.8 Å². The van der Waals surface area contributed by atoms with Crippen molar-refractivity contribution >= 4 is 0 Å². The van der Waals surface area contributed by atoms with Gasteiger partial charge >= 0.3 is 0 Å². The molecule has 1 aliphatic rings. The fraction of sp³-hybridized carbons (Fsp3) is 0.647. The van der Waals surface area contributed by atoms with Crippen LogP contribution in [0.5, 0.6) is 0 Å². The van der Waals surface area contributed by atoms with Crippen LogP contribution in [0.15, 0.2) is 18.2 Å². The molecule has 2 N–H and O–H groups in total. The van der Waals surface area contributed by atoms with Gasteiger partial charge < -0.3 is 5.73 Å². The van der Waals surface area contributed by atoms with Crippen molar-refractivity contribution in [3.8, 4) is 0 Å². The first-order valence-corrected chi connectivity index (χ1v) is 7.46. The van der Waals surface area contributed by atoms with E-state index in [1.165, 1.54) is 32.1 Å². The average Bonchev–Trinajstić information content (AvgIpc) is 2.77. The molecule has 0 spiro atoms. The van der Waals surface area contributed by atoms with Gasteiger partial charge in [-0.15, -0.1) is 0 Å². The lowest BCUT2D eigenvalue weighted by Crippen LogP contribution is -2.34. The van der Waals surface area contributed by atoms with Gasteiger partial charge in [0.2, 0.25) is 0 Å². The number of rotatable bonds is 4. The SMILES string of the molecule is Cc1cc(F)ccc1C(N)C1(CC(C)C)CCCC1. The maximum absolute atomic E-state index is 13.3. The first-order valence-electron chi connectivity index (χ1n) is 7.46. The second-order valence-electron chi connectivity index (χ2n) is 6.65. The Morgan fingerprint density at radius 2 is 1.89 bits per heavy atom. The molecule has 1 saturated carbocycles. The standard InChI is InChI=1S/C17H26FN/c1-12(2)11-17(8-4-5-9-17)16(19)15-7-6-14(18)10-13(15)3/h6-7,10,12,16H,4-5,8-9,11,19H2,1-3H3. The fourth-order valence-electron chi connectivity index (χ4n) is 3.85. The van der Waals surface area contributed by atoms with Crippen molar-refractivity contribution in [2.45, 2.75) is 58.9 Å². The van der Waals surface area contributed by atoms with Crippen molar-refractivity contribution < 1.29 is 4.39 Å². The van der Waals surface area contributed by atoms with E-state index in [9.17, 15) is 4.39 Å². The smallest absolute Gasteiger partial charge is 0.123 e. The monoisotopic (exact) mass is 263 g/mol. The Labute approximate surface area is 116 Å². The number of hydrogen-bond acceptors (Lipinski definition) is 1. The Kier molecular flexibility index (Phi) is 4.29. The molecule has 2 rings (SSSR count). The average molecular weight is 263 g/mol. The summed E-state index contributed by atoms with van der Waals surface area (Å²) in [5.41, 5.74) is 8.95. The first-order chi connectivity index (χ1) is 8.94. The highest BCUT2D eigenvalue weighted by Crippen LogP contribution is 2.51. The van der Waals surface area contributed by atoms with Crippen LogP contribution in [-0.2, 0) is 0 Å². The molecule has 0 radical (unpaired) electrons. The van der Waals surface area contributed by atoms with Gasteiger partial charge in [-0.3, -0.25) is 0 Å². The highest BCUT2D eigenvalue weighted by molar-refractivity contribution is 5.31. The molecule has 1 aliphatic carbocycles. The minimum absolute atomic E-state index is 0.0398. The van der Waals surface area contributed by atoms with Gasteiger partial charge in [0.1, 0.15) is 5.82 Å². The van der Waals surface area contributed by atoms with Gasteiger partial charge in [0, 0.05) is 6.04 Å². The minimum atomic E-state index is -0.169. The molecule has 0 amide bonds. The van der Waals surface area contributed by atoms with Gasteiger partial charge in [-0.25, -0.2) is 4.39 Å². The van der Waals surface area contributed by atoms with Crippen LogP contribution >= 0.6 is 0 Å². The third-order valence-corrected chi connectivity index (χ3v) is 4.64. The van der Waals surface area contributed by atoms with Crippen LogP contribution in [-0.4, -0.2) is 0 Å². The van der Waals surface area contributed by atoms with Crippen LogP contribution in [0, 0.1) is 24.1 Å². The predicted molar refractivity (Wildman–Crippen MR) is 78.4 cm³/mol. The zero-order valence-corrected chi connectivity index (χ0v) is 12.4. The molecule has 1 nitrogen and oxygen atoms in total. The van der Waals surface area contributed by atoms with E-state index in [1.54, 1.807) is 12.1 Å². The van der Waals surface area contributed by atoms with Crippen molar-refractivity contribution in [3.05, 3.63) is 35.1 Å². The molecule has 0 saturated heterocycles. The number of aryl methyl sites for hydroxylation is 1. The lowest BCUT2D eigenvalue weighted by molar-refractivity contribution is 0.183. The molecule has 1 atom stereocenters. The number of nitrogens with two attached hydrogens (primary N) is 1. The van der Waals surface area contributed by atoms with Crippen LogP contribution in [0.2, 0.25) is 0 Å². The molecule has 0 aromatic heterocycles. The summed E-state index contributed by atoms with van der Waals surface area (Å²) >= 11 is 0. The predicted octanol–water partition coefficient (Wildman–Crippen LogP) is 4.74. The number of benzene rings is 1. The van der Waals surface area contributed by atoms with Crippen LogP contribution in [0.3, 0.4) is 0 Å². The Hall–Kier alpha value is -0.890. The van der Waals surface area contributed by atoms with E-state index in [0.29, 0.717) is 5.92 Å². The summed E-state index contributed by atoms with van der Waals surface area (Å²) in [6, 6.07) is 5.07. The van der Waals surface area contributed by atoms with Crippen molar-refractivity contribution in [1.29, 1.82) is 0 Å². The van der Waals surface area contributed by atoms with E-state index < -0.39 is 0 Å². The summed E-state index contributed by atoms with van der Waals surface area (Å²) in [5, 5.41) is 0. The largest absolute Gasteiger partial charge is 0.323 e. The van der Waals surface area contributed by atoms with Crippen LogP contribution in [0.1, 0.15) is 63.1 Å². The van der Waals surface area contributed by atoms with Gasteiger partial charge in [-0.1, -0.05) is 32.8 Å². The molecular formula is C17H26FN. The second kappa shape index (κ2) is 5.62. The van der Waals surface area contributed by atoms with Gasteiger partial charge in [-0.05, 0) is 60.8 Å². The summed E-state index contributed by atoms with van der Waals surface area (Å²) in [4.78, 5) is 0. The van der Waals surface area contributed by atoms with E-state index in [4.69, 9.17) is 5.73 Å². The molecule has 19 heavy (non-hydrogen) atoms. The Balaban J connectivity index is 2.31. The molecule has 2 heteroatoms. The molecule has 0 bridgehead atoms. The molecular weight excluding hydrogens is 237 g/mol. The first kappa shape index (κ1) is 14.5. The summed E-state index contributed by atoms with van der Waals surface area (Å²) < 4.78 is 13.3. The molecule has 1 aromatic rings. The maximum Gasteiger partial charge on any atom is 0.123 e. The van der Waals surface area contributed by atoms with Gasteiger partial charge in [0.25, 0.3) is 0 Å². The lowest BCUT2D eigenvalue weighted by atomic mass is 9.70. The van der Waals surface area contributed by atoms with E-state index in [0.717, 1.165) is 11.1 Å². The third-order valence-electron chi connectivity index (χ3n) is 4.64. The zero-order chi connectivity index (χ0) is 14.0.